The van der Waals surface area contributed by atoms with Crippen LogP contribution in [0.5, 0.6) is 0 Å². The van der Waals surface area contributed by atoms with Gasteiger partial charge in [-0.05, 0) is 55.4 Å². The number of carboxylic acid groups (broad SMARTS) is 1. The molecule has 4 heteroatoms. The molecule has 0 heterocycles. The molecule has 0 spiro atoms. The number of carbonyl (C=O) groups is 2. The Bertz CT molecular complexity index is 580. The molecule has 4 nitrogen and oxygen atoms in total. The summed E-state index contributed by atoms with van der Waals surface area (Å²) in [5.74, 6) is -0.487. The second kappa shape index (κ2) is 10.0. The molecule has 1 aromatic carbocycles. The lowest BCUT2D eigenvalue weighted by Crippen LogP contribution is -2.24. The van der Waals surface area contributed by atoms with Crippen molar-refractivity contribution in [3.8, 4) is 0 Å². The van der Waals surface area contributed by atoms with Gasteiger partial charge in [-0.25, -0.2) is 9.59 Å². The highest BCUT2D eigenvalue weighted by molar-refractivity contribution is 5.90. The molecule has 0 atom stereocenters. The summed E-state index contributed by atoms with van der Waals surface area (Å²) in [5.41, 5.74) is 1.25. The van der Waals surface area contributed by atoms with E-state index in [0.717, 1.165) is 43.2 Å². The van der Waals surface area contributed by atoms with E-state index >= 15 is 0 Å². The zero-order valence-electron chi connectivity index (χ0n) is 14.9. The van der Waals surface area contributed by atoms with Gasteiger partial charge in [-0.1, -0.05) is 44.7 Å². The van der Waals surface area contributed by atoms with Gasteiger partial charge in [0.15, 0.2) is 0 Å². The fourth-order valence-corrected chi connectivity index (χ4v) is 3.34. The van der Waals surface area contributed by atoms with E-state index in [1.807, 2.05) is 0 Å². The van der Waals surface area contributed by atoms with Gasteiger partial charge in [0.05, 0.1) is 5.56 Å². The number of benzene rings is 1. The molecule has 1 fully saturated rings. The highest BCUT2D eigenvalue weighted by Gasteiger charge is 2.24. The number of carbonyl (C=O) groups excluding carboxylic acids is 1. The van der Waals surface area contributed by atoms with Crippen molar-refractivity contribution in [2.75, 3.05) is 0 Å². The van der Waals surface area contributed by atoms with Crippen molar-refractivity contribution in [2.24, 2.45) is 5.92 Å². The van der Waals surface area contributed by atoms with E-state index in [1.54, 1.807) is 24.3 Å². The smallest absolute Gasteiger partial charge is 0.338 e. The summed E-state index contributed by atoms with van der Waals surface area (Å²) in [6, 6.07) is 6.81. The predicted molar refractivity (Wildman–Crippen MR) is 98.4 cm³/mol. The number of hydrogen-bond acceptors (Lipinski definition) is 3. The van der Waals surface area contributed by atoms with Crippen molar-refractivity contribution in [1.82, 2.24) is 0 Å². The van der Waals surface area contributed by atoms with Crippen LogP contribution < -0.4 is 0 Å². The Morgan fingerprint density at radius 3 is 2.40 bits per heavy atom. The molecule has 0 radical (unpaired) electrons. The van der Waals surface area contributed by atoms with Gasteiger partial charge in [-0.2, -0.15) is 0 Å². The van der Waals surface area contributed by atoms with Crippen LogP contribution in [-0.4, -0.2) is 23.1 Å². The number of carboxylic acids is 1. The molecule has 0 amide bonds. The molecule has 0 aromatic heterocycles. The summed E-state index contributed by atoms with van der Waals surface area (Å²) >= 11 is 0. The van der Waals surface area contributed by atoms with E-state index in [4.69, 9.17) is 9.84 Å². The highest BCUT2D eigenvalue weighted by Crippen LogP contribution is 2.30. The first-order valence-corrected chi connectivity index (χ1v) is 9.30. The van der Waals surface area contributed by atoms with E-state index in [9.17, 15) is 9.59 Å². The normalized spacial score (nSPS) is 20.5. The van der Waals surface area contributed by atoms with Crippen LogP contribution in [0.15, 0.2) is 30.3 Å². The number of unbranched alkanes of at least 4 members (excludes halogenated alkanes) is 2. The minimum atomic E-state index is -0.992. The maximum Gasteiger partial charge on any atom is 0.338 e. The number of esters is 1. The summed E-state index contributed by atoms with van der Waals surface area (Å²) in [5, 5.41) is 8.62. The molecule has 2 rings (SSSR count). The second-order valence-electron chi connectivity index (χ2n) is 6.84. The number of ether oxygens (including phenoxy) is 1. The van der Waals surface area contributed by atoms with E-state index in [0.29, 0.717) is 5.56 Å². The van der Waals surface area contributed by atoms with Crippen molar-refractivity contribution in [3.05, 3.63) is 41.5 Å². The lowest BCUT2D eigenvalue weighted by molar-refractivity contribution is -0.131. The van der Waals surface area contributed by atoms with Crippen LogP contribution >= 0.6 is 0 Å². The lowest BCUT2D eigenvalue weighted by atomic mass is 9.84. The summed E-state index contributed by atoms with van der Waals surface area (Å²) in [6.07, 6.45) is 12.0. The molecule has 0 saturated heterocycles. The molecule has 25 heavy (non-hydrogen) atoms. The minimum Gasteiger partial charge on any atom is -0.478 e. The number of hydrogen-bond donors (Lipinski definition) is 1. The molecule has 1 saturated carbocycles. The van der Waals surface area contributed by atoms with Crippen LogP contribution in [-0.2, 0) is 9.53 Å². The van der Waals surface area contributed by atoms with Crippen LogP contribution in [0.1, 0.15) is 74.2 Å². The summed E-state index contributed by atoms with van der Waals surface area (Å²) in [6.45, 7) is 2.23. The zero-order valence-corrected chi connectivity index (χ0v) is 14.9. The third-order valence-electron chi connectivity index (χ3n) is 4.85. The Labute approximate surface area is 149 Å². The standard InChI is InChI=1S/C21H28O4/c1-2-3-4-5-16-8-13-19(14-9-16)25-21(24)18-11-6-17(7-12-18)10-15-20(22)23/h6-7,10-12,15-16,19H,2-5,8-9,13-14H2,1H3,(H,22,23). The van der Waals surface area contributed by atoms with Crippen molar-refractivity contribution in [1.29, 1.82) is 0 Å². The van der Waals surface area contributed by atoms with E-state index < -0.39 is 5.97 Å². The molecule has 1 aliphatic carbocycles. The Balaban J connectivity index is 1.77. The molecule has 0 bridgehead atoms. The van der Waals surface area contributed by atoms with E-state index in [1.165, 1.54) is 31.8 Å². The molecule has 1 aliphatic rings. The third-order valence-corrected chi connectivity index (χ3v) is 4.85. The van der Waals surface area contributed by atoms with Crippen LogP contribution in [0.2, 0.25) is 0 Å². The topological polar surface area (TPSA) is 63.6 Å². The Morgan fingerprint density at radius 2 is 1.80 bits per heavy atom. The SMILES string of the molecule is CCCCCC1CCC(OC(=O)c2ccc(C=CC(=O)O)cc2)CC1. The fraction of sp³-hybridized carbons (Fsp3) is 0.524. The summed E-state index contributed by atoms with van der Waals surface area (Å²) in [4.78, 5) is 22.8. The maximum absolute atomic E-state index is 12.2. The number of rotatable bonds is 8. The van der Waals surface area contributed by atoms with E-state index in [2.05, 4.69) is 6.92 Å². The summed E-state index contributed by atoms with van der Waals surface area (Å²) < 4.78 is 5.64. The average molecular weight is 344 g/mol. The zero-order chi connectivity index (χ0) is 18.1. The monoisotopic (exact) mass is 344 g/mol. The van der Waals surface area contributed by atoms with Gasteiger partial charge in [0, 0.05) is 6.08 Å². The second-order valence-corrected chi connectivity index (χ2v) is 6.84. The van der Waals surface area contributed by atoms with Gasteiger partial charge in [0.1, 0.15) is 6.10 Å². The van der Waals surface area contributed by atoms with Crippen molar-refractivity contribution < 1.29 is 19.4 Å². The molecule has 136 valence electrons. The molecule has 1 aromatic rings. The molecule has 0 aliphatic heterocycles. The summed E-state index contributed by atoms with van der Waals surface area (Å²) in [7, 11) is 0. The van der Waals surface area contributed by atoms with Gasteiger partial charge in [0.2, 0.25) is 0 Å². The first kappa shape index (κ1) is 19.2. The van der Waals surface area contributed by atoms with Crippen molar-refractivity contribution in [3.63, 3.8) is 0 Å². The maximum atomic E-state index is 12.2. The van der Waals surface area contributed by atoms with Crippen molar-refractivity contribution >= 4 is 18.0 Å². The van der Waals surface area contributed by atoms with Crippen molar-refractivity contribution in [2.45, 2.75) is 64.4 Å². The first-order valence-electron chi connectivity index (χ1n) is 9.30. The predicted octanol–water partition coefficient (Wildman–Crippen LogP) is 5.08. The Kier molecular flexibility index (Phi) is 7.71. The van der Waals surface area contributed by atoms with Crippen LogP contribution in [0, 0.1) is 5.92 Å². The molecular weight excluding hydrogens is 316 g/mol. The van der Waals surface area contributed by atoms with E-state index in [-0.39, 0.29) is 12.1 Å². The van der Waals surface area contributed by atoms with Crippen LogP contribution in [0.25, 0.3) is 6.08 Å². The average Bonchev–Trinajstić information content (AvgIpc) is 2.62. The fourth-order valence-electron chi connectivity index (χ4n) is 3.34. The molecule has 1 N–H and O–H groups in total. The quantitative estimate of drug-likeness (QED) is 0.406. The van der Waals surface area contributed by atoms with Gasteiger partial charge >= 0.3 is 11.9 Å². The van der Waals surface area contributed by atoms with Gasteiger partial charge in [-0.3, -0.25) is 0 Å². The third kappa shape index (κ3) is 6.73. The molecular formula is C21H28O4. The Hall–Kier alpha value is -2.10. The van der Waals surface area contributed by atoms with Crippen LogP contribution in [0.4, 0.5) is 0 Å². The van der Waals surface area contributed by atoms with Gasteiger partial charge in [0.25, 0.3) is 0 Å². The largest absolute Gasteiger partial charge is 0.478 e. The Morgan fingerprint density at radius 1 is 1.12 bits per heavy atom. The van der Waals surface area contributed by atoms with Gasteiger partial charge < -0.3 is 9.84 Å². The number of aliphatic carboxylic acids is 1. The highest BCUT2D eigenvalue weighted by atomic mass is 16.5. The first-order chi connectivity index (χ1) is 12.1. The minimum absolute atomic E-state index is 0.0292. The lowest BCUT2D eigenvalue weighted by Gasteiger charge is -2.28. The van der Waals surface area contributed by atoms with Gasteiger partial charge in [-0.15, -0.1) is 0 Å². The molecule has 0 unspecified atom stereocenters. The van der Waals surface area contributed by atoms with Crippen LogP contribution in [0.3, 0.4) is 0 Å².